The van der Waals surface area contributed by atoms with Gasteiger partial charge in [0.1, 0.15) is 22.3 Å². The topological polar surface area (TPSA) is 46.0 Å². The van der Waals surface area contributed by atoms with Crippen LogP contribution in [0.1, 0.15) is 0 Å². The van der Waals surface area contributed by atoms with E-state index in [2.05, 4.69) is 358 Å². The van der Waals surface area contributed by atoms with Gasteiger partial charge in [-0.2, -0.15) is 0 Å². The molecule has 6 heterocycles. The molecular weight excluding hydrogens is 1240 g/mol. The number of hydrogen-bond donors (Lipinski definition) is 0. The van der Waals surface area contributed by atoms with E-state index in [-0.39, 0.29) is 0 Å². The fraction of sp³-hybridized carbons (Fsp3) is 0. The lowest BCUT2D eigenvalue weighted by Gasteiger charge is -2.11. The smallest absolute Gasteiger partial charge is 0.137 e. The number of para-hydroxylation sites is 6. The minimum atomic E-state index is 0.899. The van der Waals surface area contributed by atoms with Gasteiger partial charge in [-0.1, -0.05) is 224 Å². The summed E-state index contributed by atoms with van der Waals surface area (Å²) in [5, 5.41) is 14.5. The zero-order chi connectivity index (χ0) is 66.9. The molecule has 6 heteroatoms. The van der Waals surface area contributed by atoms with Gasteiger partial charge >= 0.3 is 0 Å². The molecule has 16 aromatic carbocycles. The second-order valence-electron chi connectivity index (χ2n) is 26.7. The van der Waals surface area contributed by atoms with Gasteiger partial charge in [0.05, 0.1) is 55.2 Å². The normalized spacial score (nSPS) is 11.9. The highest BCUT2D eigenvalue weighted by Gasteiger charge is 2.22. The lowest BCUT2D eigenvalue weighted by Crippen LogP contribution is -1.94. The van der Waals surface area contributed by atoms with Crippen molar-refractivity contribution in [2.24, 2.45) is 0 Å². The zero-order valence-electron chi connectivity index (χ0n) is 55.2. The zero-order valence-corrected chi connectivity index (χ0v) is 55.2. The lowest BCUT2D eigenvalue weighted by atomic mass is 10.0. The van der Waals surface area contributed by atoms with Crippen molar-refractivity contribution in [2.45, 2.75) is 0 Å². The van der Waals surface area contributed by atoms with Crippen molar-refractivity contribution in [2.75, 3.05) is 0 Å². The summed E-state index contributed by atoms with van der Waals surface area (Å²) in [5.41, 5.74) is 27.4. The molecule has 0 radical (unpaired) electrons. The van der Waals surface area contributed by atoms with Crippen LogP contribution in [0.15, 0.2) is 373 Å². The van der Waals surface area contributed by atoms with E-state index in [4.69, 9.17) is 8.83 Å². The Balaban J connectivity index is 0.000000133. The molecule has 0 saturated heterocycles. The summed E-state index contributed by atoms with van der Waals surface area (Å²) < 4.78 is 22.0. The third-order valence-electron chi connectivity index (χ3n) is 21.1. The van der Waals surface area contributed by atoms with Crippen LogP contribution in [0.4, 0.5) is 0 Å². The molecular formula is C96H60N4O2. The van der Waals surface area contributed by atoms with E-state index in [1.807, 2.05) is 24.3 Å². The summed E-state index contributed by atoms with van der Waals surface area (Å²) in [6, 6.07) is 131. The Hall–Kier alpha value is -13.7. The van der Waals surface area contributed by atoms with Crippen LogP contribution in [-0.4, -0.2) is 18.3 Å². The van der Waals surface area contributed by atoms with Gasteiger partial charge in [0.25, 0.3) is 0 Å². The monoisotopic (exact) mass is 1300 g/mol. The molecule has 22 aromatic rings. The fourth-order valence-corrected chi connectivity index (χ4v) is 16.4. The molecule has 6 nitrogen and oxygen atoms in total. The van der Waals surface area contributed by atoms with Crippen LogP contribution in [0.5, 0.6) is 0 Å². The van der Waals surface area contributed by atoms with Gasteiger partial charge in [-0.15, -0.1) is 0 Å². The highest BCUT2D eigenvalue weighted by molar-refractivity contribution is 6.17. The van der Waals surface area contributed by atoms with Crippen LogP contribution in [-0.2, 0) is 0 Å². The molecule has 476 valence electrons. The van der Waals surface area contributed by atoms with Crippen LogP contribution >= 0.6 is 0 Å². The van der Waals surface area contributed by atoms with E-state index in [9.17, 15) is 0 Å². The maximum atomic E-state index is 6.30. The first-order valence-electron chi connectivity index (χ1n) is 34.9. The van der Waals surface area contributed by atoms with E-state index in [0.717, 1.165) is 66.6 Å². The summed E-state index contributed by atoms with van der Waals surface area (Å²) in [7, 11) is 0. The van der Waals surface area contributed by atoms with Gasteiger partial charge in [-0.25, -0.2) is 0 Å². The first-order valence-corrected chi connectivity index (χ1v) is 34.9. The second kappa shape index (κ2) is 23.0. The standard InChI is InChI=1S/2C48H30N2O/c1-2-11-31(12-3-1)32-21-25-35(26-22-32)49-41-16-7-4-13-36(41)39-29-33(23-27-43(39)49)34-24-28-44-40(30-34)37-14-5-8-17-42(37)50(44)45-18-10-20-47-48(45)38-15-6-9-19-46(38)51-47;1-2-10-31(11-3-1)32-18-22-35(23-19-32)49-43-15-7-4-12-37(43)40-28-33(20-25-45(40)49)34-21-26-46-41(29-34)38-13-5-8-16-44(38)50(46)36-24-27-48-42(30-36)39-14-6-9-17-47(39)51-48/h2*1-30H. The summed E-state index contributed by atoms with van der Waals surface area (Å²) >= 11 is 0. The average Bonchev–Trinajstić information content (AvgIpc) is 1.59. The number of fused-ring (bicyclic) bond motifs is 18. The Morgan fingerprint density at radius 3 is 0.922 bits per heavy atom. The molecule has 0 bridgehead atoms. The maximum absolute atomic E-state index is 6.30. The molecule has 0 atom stereocenters. The minimum Gasteiger partial charge on any atom is -0.456 e. The van der Waals surface area contributed by atoms with Gasteiger partial charge in [0.2, 0.25) is 0 Å². The van der Waals surface area contributed by atoms with Crippen molar-refractivity contribution >= 4 is 131 Å². The molecule has 0 spiro atoms. The van der Waals surface area contributed by atoms with Crippen molar-refractivity contribution in [3.05, 3.63) is 364 Å². The molecule has 22 rings (SSSR count). The molecule has 0 aliphatic carbocycles. The van der Waals surface area contributed by atoms with Crippen LogP contribution in [0.2, 0.25) is 0 Å². The first kappa shape index (κ1) is 57.4. The SMILES string of the molecule is c1ccc(-c2ccc(-n3c4ccccc4c4cc(-c5ccc6c(c5)c5ccccc5n6-c5ccc6oc7ccccc7c6c5)ccc43)cc2)cc1.c1ccc(-c2ccc(-n3c4ccccc4c4cc(-c5ccc6c(c5)c5ccccc5n6-c5cccc6oc7ccccc7c56)ccc43)cc2)cc1. The van der Waals surface area contributed by atoms with Gasteiger partial charge in [-0.05, 0) is 184 Å². The van der Waals surface area contributed by atoms with Crippen LogP contribution in [0.25, 0.3) is 198 Å². The summed E-state index contributed by atoms with van der Waals surface area (Å²) in [6.07, 6.45) is 0. The average molecular weight is 1300 g/mol. The van der Waals surface area contributed by atoms with Crippen LogP contribution in [0, 0.1) is 0 Å². The number of hydrogen-bond acceptors (Lipinski definition) is 2. The predicted molar refractivity (Wildman–Crippen MR) is 427 cm³/mol. The molecule has 0 unspecified atom stereocenters. The molecule has 0 amide bonds. The van der Waals surface area contributed by atoms with Crippen molar-refractivity contribution in [3.8, 4) is 67.3 Å². The second-order valence-corrected chi connectivity index (χ2v) is 26.7. The number of benzene rings is 16. The van der Waals surface area contributed by atoms with Crippen molar-refractivity contribution in [3.63, 3.8) is 0 Å². The van der Waals surface area contributed by atoms with Gasteiger partial charge in [0.15, 0.2) is 0 Å². The summed E-state index contributed by atoms with van der Waals surface area (Å²) in [5.74, 6) is 0. The number of rotatable bonds is 8. The number of aromatic nitrogens is 4. The lowest BCUT2D eigenvalue weighted by molar-refractivity contribution is 0.668. The van der Waals surface area contributed by atoms with E-state index in [1.54, 1.807) is 0 Å². The molecule has 0 N–H and O–H groups in total. The van der Waals surface area contributed by atoms with Gasteiger partial charge in [-0.3, -0.25) is 0 Å². The summed E-state index contributed by atoms with van der Waals surface area (Å²) in [6.45, 7) is 0. The maximum Gasteiger partial charge on any atom is 0.137 e. The van der Waals surface area contributed by atoms with Crippen LogP contribution < -0.4 is 0 Å². The Bertz CT molecular complexity index is 7100. The predicted octanol–water partition coefficient (Wildman–Crippen LogP) is 26.2. The van der Waals surface area contributed by atoms with Crippen molar-refractivity contribution in [1.82, 2.24) is 18.3 Å². The van der Waals surface area contributed by atoms with E-state index < -0.39 is 0 Å². The Kier molecular flexibility index (Phi) is 12.9. The number of nitrogens with zero attached hydrogens (tertiary/aromatic N) is 4. The minimum absolute atomic E-state index is 0.899. The highest BCUT2D eigenvalue weighted by Crippen LogP contribution is 2.44. The Morgan fingerprint density at radius 2 is 0.461 bits per heavy atom. The molecule has 0 fully saturated rings. The molecule has 0 aliphatic heterocycles. The quantitative estimate of drug-likeness (QED) is 0.152. The molecule has 0 aliphatic rings. The third-order valence-corrected chi connectivity index (χ3v) is 21.1. The van der Waals surface area contributed by atoms with Gasteiger partial charge < -0.3 is 27.1 Å². The first-order chi connectivity index (χ1) is 50.6. The van der Waals surface area contributed by atoms with E-state index >= 15 is 0 Å². The molecule has 102 heavy (non-hydrogen) atoms. The fourth-order valence-electron chi connectivity index (χ4n) is 16.4. The molecule has 6 aromatic heterocycles. The summed E-state index contributed by atoms with van der Waals surface area (Å²) in [4.78, 5) is 0. The Morgan fingerprint density at radius 1 is 0.157 bits per heavy atom. The Labute approximate surface area is 585 Å². The van der Waals surface area contributed by atoms with Gasteiger partial charge in [0, 0.05) is 76.3 Å². The van der Waals surface area contributed by atoms with Crippen LogP contribution in [0.3, 0.4) is 0 Å². The third kappa shape index (κ3) is 9.06. The van der Waals surface area contributed by atoms with Crippen molar-refractivity contribution < 1.29 is 8.83 Å². The van der Waals surface area contributed by atoms with Crippen molar-refractivity contribution in [1.29, 1.82) is 0 Å². The highest BCUT2D eigenvalue weighted by atomic mass is 16.3. The number of furan rings is 2. The van der Waals surface area contributed by atoms with E-state index in [0.29, 0.717) is 0 Å². The molecule has 0 saturated carbocycles. The van der Waals surface area contributed by atoms with E-state index in [1.165, 1.54) is 132 Å². The largest absolute Gasteiger partial charge is 0.456 e.